The summed E-state index contributed by atoms with van der Waals surface area (Å²) in [6, 6.07) is 0. The molecule has 0 fully saturated rings. The van der Waals surface area contributed by atoms with Crippen LogP contribution < -0.4 is 0 Å². The molecule has 0 saturated carbocycles. The van der Waals surface area contributed by atoms with Crippen LogP contribution in [0.3, 0.4) is 0 Å². The summed E-state index contributed by atoms with van der Waals surface area (Å²) in [6.45, 7) is 8.93. The third-order valence-electron chi connectivity index (χ3n) is 9.90. The van der Waals surface area contributed by atoms with E-state index in [9.17, 15) is 14.4 Å². The first-order valence-corrected chi connectivity index (χ1v) is 21.4. The minimum Gasteiger partial charge on any atom is -0.462 e. The van der Waals surface area contributed by atoms with E-state index in [1.54, 1.807) is 0 Å². The Morgan fingerprint density at radius 2 is 0.714 bits per heavy atom. The Balaban J connectivity index is 4.35. The number of unbranched alkanes of at least 4 members (excludes halogenated alkanes) is 24. The molecule has 0 aliphatic rings. The Morgan fingerprint density at radius 3 is 1.06 bits per heavy atom. The number of esters is 3. The summed E-state index contributed by atoms with van der Waals surface area (Å²) in [5.74, 6) is -0.0484. The van der Waals surface area contributed by atoms with Gasteiger partial charge in [0.2, 0.25) is 0 Å². The second kappa shape index (κ2) is 37.7. The van der Waals surface area contributed by atoms with Crippen LogP contribution in [0.4, 0.5) is 0 Å². The van der Waals surface area contributed by atoms with E-state index >= 15 is 0 Å². The predicted octanol–water partition coefficient (Wildman–Crippen LogP) is 13.2. The molecule has 0 heterocycles. The van der Waals surface area contributed by atoms with Crippen molar-refractivity contribution in [3.05, 3.63) is 0 Å². The van der Waals surface area contributed by atoms with Gasteiger partial charge in [0.1, 0.15) is 13.2 Å². The molecule has 0 aliphatic carbocycles. The number of hydrogen-bond donors (Lipinski definition) is 0. The molecule has 0 amide bonds. The van der Waals surface area contributed by atoms with Crippen molar-refractivity contribution < 1.29 is 28.6 Å². The quantitative estimate of drug-likeness (QED) is 0.0364. The topological polar surface area (TPSA) is 78.9 Å². The van der Waals surface area contributed by atoms with Gasteiger partial charge in [-0.2, -0.15) is 0 Å². The van der Waals surface area contributed by atoms with E-state index < -0.39 is 6.10 Å². The molecule has 0 rings (SSSR count). The van der Waals surface area contributed by atoms with Crippen molar-refractivity contribution in [2.45, 2.75) is 239 Å². The number of carbonyl (C=O) groups is 3. The van der Waals surface area contributed by atoms with Gasteiger partial charge in [-0.25, -0.2) is 0 Å². The maximum absolute atomic E-state index is 12.6. The summed E-state index contributed by atoms with van der Waals surface area (Å²) in [6.07, 6.45) is 35.1. The maximum atomic E-state index is 12.6. The van der Waals surface area contributed by atoms with E-state index in [0.717, 1.165) is 63.7 Å². The van der Waals surface area contributed by atoms with Gasteiger partial charge in [0, 0.05) is 19.3 Å². The highest BCUT2D eigenvalue weighted by Gasteiger charge is 2.19. The zero-order chi connectivity index (χ0) is 36.0. The van der Waals surface area contributed by atoms with E-state index in [2.05, 4.69) is 27.7 Å². The van der Waals surface area contributed by atoms with Crippen molar-refractivity contribution in [1.29, 1.82) is 0 Å². The molecule has 1 unspecified atom stereocenters. The standard InChI is InChI=1S/C43H82O6/c1-5-8-10-12-14-16-18-20-21-26-30-34-41(44)47-37-40(49-43(46)36-32-28-22-19-17-15-13-11-9-6-2)38-48-42(45)35-31-27-24-23-25-29-33-39(4)7-3/h39-40H,5-38H2,1-4H3/t39?,40-/m1/s1. The molecule has 0 bridgehead atoms. The molecule has 2 atom stereocenters. The Bertz CT molecular complexity index is 738. The molecular weight excluding hydrogens is 612 g/mol. The van der Waals surface area contributed by atoms with Gasteiger partial charge in [0.25, 0.3) is 0 Å². The van der Waals surface area contributed by atoms with E-state index in [0.29, 0.717) is 19.3 Å². The first-order chi connectivity index (χ1) is 23.9. The van der Waals surface area contributed by atoms with E-state index in [4.69, 9.17) is 14.2 Å². The highest BCUT2D eigenvalue weighted by Crippen LogP contribution is 2.16. The number of rotatable bonds is 38. The summed E-state index contributed by atoms with van der Waals surface area (Å²) >= 11 is 0. The minimum absolute atomic E-state index is 0.0649. The fourth-order valence-electron chi connectivity index (χ4n) is 6.24. The lowest BCUT2D eigenvalue weighted by Gasteiger charge is -2.18. The first kappa shape index (κ1) is 47.4. The van der Waals surface area contributed by atoms with Crippen LogP contribution >= 0.6 is 0 Å². The fourth-order valence-corrected chi connectivity index (χ4v) is 6.24. The molecule has 290 valence electrons. The maximum Gasteiger partial charge on any atom is 0.306 e. The van der Waals surface area contributed by atoms with Gasteiger partial charge >= 0.3 is 17.9 Å². The predicted molar refractivity (Wildman–Crippen MR) is 206 cm³/mol. The Morgan fingerprint density at radius 1 is 0.408 bits per heavy atom. The highest BCUT2D eigenvalue weighted by molar-refractivity contribution is 5.71. The van der Waals surface area contributed by atoms with Gasteiger partial charge in [0.05, 0.1) is 0 Å². The SMILES string of the molecule is CCCCCCCCCCCCCC(=O)OC[C@H](COC(=O)CCCCCCCCC(C)CC)OC(=O)CCCCCCCCCCCC. The second-order valence-corrected chi connectivity index (χ2v) is 14.9. The van der Waals surface area contributed by atoms with Crippen LogP contribution in [0, 0.1) is 5.92 Å². The van der Waals surface area contributed by atoms with Gasteiger partial charge in [0.15, 0.2) is 6.10 Å². The van der Waals surface area contributed by atoms with Gasteiger partial charge in [-0.1, -0.05) is 195 Å². The van der Waals surface area contributed by atoms with Crippen molar-refractivity contribution >= 4 is 17.9 Å². The van der Waals surface area contributed by atoms with Gasteiger partial charge in [-0.15, -0.1) is 0 Å². The summed E-state index contributed by atoms with van der Waals surface area (Å²) in [7, 11) is 0. The molecule has 0 aromatic heterocycles. The van der Waals surface area contributed by atoms with E-state index in [-0.39, 0.29) is 31.1 Å². The molecule has 0 N–H and O–H groups in total. The van der Waals surface area contributed by atoms with Crippen LogP contribution in [-0.2, 0) is 28.6 Å². The third-order valence-corrected chi connectivity index (χ3v) is 9.90. The monoisotopic (exact) mass is 695 g/mol. The third kappa shape index (κ3) is 36.0. The lowest BCUT2D eigenvalue weighted by atomic mass is 10.00. The van der Waals surface area contributed by atoms with Gasteiger partial charge < -0.3 is 14.2 Å². The molecule has 6 heteroatoms. The average molecular weight is 695 g/mol. The number of carbonyl (C=O) groups excluding carboxylic acids is 3. The fraction of sp³-hybridized carbons (Fsp3) is 0.930. The van der Waals surface area contributed by atoms with Crippen LogP contribution in [0.2, 0.25) is 0 Å². The molecule has 0 aromatic carbocycles. The first-order valence-electron chi connectivity index (χ1n) is 21.4. The van der Waals surface area contributed by atoms with Crippen molar-refractivity contribution in [1.82, 2.24) is 0 Å². The summed E-state index contributed by atoms with van der Waals surface area (Å²) in [5, 5.41) is 0. The Labute approximate surface area is 304 Å². The molecule has 49 heavy (non-hydrogen) atoms. The smallest absolute Gasteiger partial charge is 0.306 e. The van der Waals surface area contributed by atoms with Crippen molar-refractivity contribution in [2.75, 3.05) is 13.2 Å². The van der Waals surface area contributed by atoms with Gasteiger partial charge in [-0.3, -0.25) is 14.4 Å². The largest absolute Gasteiger partial charge is 0.462 e. The van der Waals surface area contributed by atoms with Crippen molar-refractivity contribution in [3.63, 3.8) is 0 Å². The number of ether oxygens (including phenoxy) is 3. The molecule has 0 saturated heterocycles. The van der Waals surface area contributed by atoms with Crippen LogP contribution in [0.25, 0.3) is 0 Å². The lowest BCUT2D eigenvalue weighted by molar-refractivity contribution is -0.167. The summed E-state index contributed by atoms with van der Waals surface area (Å²) < 4.78 is 16.6. The summed E-state index contributed by atoms with van der Waals surface area (Å²) in [5.41, 5.74) is 0. The van der Waals surface area contributed by atoms with Crippen LogP contribution in [0.1, 0.15) is 233 Å². The zero-order valence-corrected chi connectivity index (χ0v) is 33.1. The van der Waals surface area contributed by atoms with Crippen LogP contribution in [0.5, 0.6) is 0 Å². The molecule has 0 aromatic rings. The van der Waals surface area contributed by atoms with Crippen LogP contribution in [0.15, 0.2) is 0 Å². The molecular formula is C43H82O6. The minimum atomic E-state index is -0.758. The molecule has 0 spiro atoms. The zero-order valence-electron chi connectivity index (χ0n) is 33.1. The molecule has 6 nitrogen and oxygen atoms in total. The average Bonchev–Trinajstić information content (AvgIpc) is 3.10. The number of hydrogen-bond acceptors (Lipinski definition) is 6. The molecule has 0 aliphatic heterocycles. The van der Waals surface area contributed by atoms with Crippen molar-refractivity contribution in [3.8, 4) is 0 Å². The lowest BCUT2D eigenvalue weighted by Crippen LogP contribution is -2.30. The molecule has 0 radical (unpaired) electrons. The van der Waals surface area contributed by atoms with E-state index in [1.807, 2.05) is 0 Å². The highest BCUT2D eigenvalue weighted by atomic mass is 16.6. The Kier molecular flexibility index (Phi) is 36.4. The summed E-state index contributed by atoms with van der Waals surface area (Å²) in [4.78, 5) is 37.5. The Hall–Kier alpha value is -1.59. The van der Waals surface area contributed by atoms with Crippen LogP contribution in [-0.4, -0.2) is 37.2 Å². The van der Waals surface area contributed by atoms with Gasteiger partial charge in [-0.05, 0) is 25.2 Å². The normalized spacial score (nSPS) is 12.5. The van der Waals surface area contributed by atoms with E-state index in [1.165, 1.54) is 128 Å². The van der Waals surface area contributed by atoms with Crippen molar-refractivity contribution in [2.24, 2.45) is 5.92 Å². The second-order valence-electron chi connectivity index (χ2n) is 14.9.